The summed E-state index contributed by atoms with van der Waals surface area (Å²) in [5, 5.41) is 3.04. The van der Waals surface area contributed by atoms with Crippen LogP contribution < -0.4 is 10.0 Å². The number of anilines is 2. The van der Waals surface area contributed by atoms with Gasteiger partial charge in [0.05, 0.1) is 5.41 Å². The van der Waals surface area contributed by atoms with Gasteiger partial charge in [-0.2, -0.15) is 0 Å². The van der Waals surface area contributed by atoms with Crippen LogP contribution in [0.4, 0.5) is 11.4 Å². The second-order valence-corrected chi connectivity index (χ2v) is 8.67. The van der Waals surface area contributed by atoms with E-state index < -0.39 is 15.4 Å². The Morgan fingerprint density at radius 3 is 2.73 bits per heavy atom. The number of rotatable bonds is 5. The first-order valence-electron chi connectivity index (χ1n) is 8.88. The van der Waals surface area contributed by atoms with Crippen molar-refractivity contribution in [2.24, 2.45) is 0 Å². The van der Waals surface area contributed by atoms with E-state index in [4.69, 9.17) is 0 Å². The van der Waals surface area contributed by atoms with Crippen LogP contribution >= 0.6 is 0 Å². The zero-order valence-corrected chi connectivity index (χ0v) is 15.4. The fraction of sp³-hybridized carbons (Fsp3) is 0.368. The van der Waals surface area contributed by atoms with Crippen LogP contribution in [0.3, 0.4) is 0 Å². The van der Waals surface area contributed by atoms with E-state index in [-0.39, 0.29) is 10.8 Å². The van der Waals surface area contributed by atoms with Gasteiger partial charge in [-0.3, -0.25) is 14.5 Å². The second kappa shape index (κ2) is 6.09. The summed E-state index contributed by atoms with van der Waals surface area (Å²) in [5.41, 5.74) is 2.81. The molecule has 26 heavy (non-hydrogen) atoms. The fourth-order valence-electron chi connectivity index (χ4n) is 3.85. The molecule has 1 amide bonds. The SMILES string of the molecule is CCCc1cc(NS(=O)(=O)c2cccnc2)cc2c1NC(=O)C21CCC1. The number of amides is 1. The molecule has 0 bridgehead atoms. The van der Waals surface area contributed by atoms with Crippen LogP contribution in [0.15, 0.2) is 41.6 Å². The van der Waals surface area contributed by atoms with Crippen LogP contribution in [0, 0.1) is 0 Å². The summed E-state index contributed by atoms with van der Waals surface area (Å²) in [6.45, 7) is 2.06. The van der Waals surface area contributed by atoms with E-state index in [1.165, 1.54) is 18.5 Å². The molecule has 1 fully saturated rings. The molecule has 6 nitrogen and oxygen atoms in total. The lowest BCUT2D eigenvalue weighted by Crippen LogP contribution is -2.40. The molecular formula is C19H21N3O3S. The van der Waals surface area contributed by atoms with Crippen molar-refractivity contribution < 1.29 is 13.2 Å². The van der Waals surface area contributed by atoms with E-state index >= 15 is 0 Å². The Balaban J connectivity index is 1.77. The minimum atomic E-state index is -3.72. The van der Waals surface area contributed by atoms with Crippen molar-refractivity contribution in [1.82, 2.24) is 4.98 Å². The molecule has 2 aliphatic rings. The maximum absolute atomic E-state index is 12.6. The molecule has 1 aliphatic heterocycles. The highest BCUT2D eigenvalue weighted by molar-refractivity contribution is 7.92. The number of sulfonamides is 1. The van der Waals surface area contributed by atoms with E-state index in [0.717, 1.165) is 48.9 Å². The number of hydrogen-bond acceptors (Lipinski definition) is 4. The molecule has 1 aromatic heterocycles. The smallest absolute Gasteiger partial charge is 0.263 e. The van der Waals surface area contributed by atoms with Gasteiger partial charge in [0.15, 0.2) is 0 Å². The molecule has 136 valence electrons. The van der Waals surface area contributed by atoms with Gasteiger partial charge in [-0.1, -0.05) is 19.8 Å². The van der Waals surface area contributed by atoms with E-state index in [0.29, 0.717) is 5.69 Å². The van der Waals surface area contributed by atoms with E-state index in [1.807, 2.05) is 12.1 Å². The number of pyridine rings is 1. The number of aryl methyl sites for hydroxylation is 1. The van der Waals surface area contributed by atoms with Crippen molar-refractivity contribution in [3.63, 3.8) is 0 Å². The van der Waals surface area contributed by atoms with Gasteiger partial charge in [0.2, 0.25) is 5.91 Å². The molecular weight excluding hydrogens is 350 g/mol. The molecule has 0 saturated heterocycles. The molecule has 1 saturated carbocycles. The first kappa shape index (κ1) is 17.0. The van der Waals surface area contributed by atoms with Crippen LogP contribution in [0.1, 0.15) is 43.7 Å². The highest BCUT2D eigenvalue weighted by atomic mass is 32.2. The number of fused-ring (bicyclic) bond motifs is 2. The third-order valence-corrected chi connectivity index (χ3v) is 6.70. The lowest BCUT2D eigenvalue weighted by atomic mass is 9.65. The average molecular weight is 371 g/mol. The predicted molar refractivity (Wildman–Crippen MR) is 99.6 cm³/mol. The molecule has 7 heteroatoms. The number of benzene rings is 1. The summed E-state index contributed by atoms with van der Waals surface area (Å²) in [6, 6.07) is 6.74. The van der Waals surface area contributed by atoms with Crippen molar-refractivity contribution in [3.05, 3.63) is 47.8 Å². The van der Waals surface area contributed by atoms with Crippen LogP contribution in [0.2, 0.25) is 0 Å². The Labute approximate surface area is 153 Å². The number of carbonyl (C=O) groups excluding carboxylic acids is 1. The zero-order chi connectivity index (χ0) is 18.4. The number of hydrogen-bond donors (Lipinski definition) is 2. The minimum absolute atomic E-state index is 0.0448. The second-order valence-electron chi connectivity index (χ2n) is 6.99. The summed E-state index contributed by atoms with van der Waals surface area (Å²) in [4.78, 5) is 16.5. The molecule has 2 heterocycles. The van der Waals surface area contributed by atoms with Gasteiger partial charge in [0.1, 0.15) is 4.90 Å². The van der Waals surface area contributed by atoms with E-state index in [1.54, 1.807) is 6.07 Å². The molecule has 1 spiro atoms. The van der Waals surface area contributed by atoms with Gasteiger partial charge in [0, 0.05) is 23.8 Å². The number of carbonyl (C=O) groups is 1. The molecule has 1 aliphatic carbocycles. The normalized spacial score (nSPS) is 17.5. The monoisotopic (exact) mass is 371 g/mol. The van der Waals surface area contributed by atoms with Crippen LogP contribution in [-0.4, -0.2) is 19.3 Å². The van der Waals surface area contributed by atoms with Crippen molar-refractivity contribution in [2.45, 2.75) is 49.3 Å². The Bertz CT molecular complexity index is 967. The van der Waals surface area contributed by atoms with Crippen LogP contribution in [-0.2, 0) is 26.7 Å². The van der Waals surface area contributed by atoms with Crippen molar-refractivity contribution in [1.29, 1.82) is 0 Å². The summed E-state index contributed by atoms with van der Waals surface area (Å²) < 4.78 is 27.9. The Morgan fingerprint density at radius 2 is 2.12 bits per heavy atom. The number of nitrogens with zero attached hydrogens (tertiary/aromatic N) is 1. The summed E-state index contributed by atoms with van der Waals surface area (Å²) in [6.07, 6.45) is 7.19. The van der Waals surface area contributed by atoms with Gasteiger partial charge >= 0.3 is 0 Å². The van der Waals surface area contributed by atoms with Crippen LogP contribution in [0.25, 0.3) is 0 Å². The fourth-order valence-corrected chi connectivity index (χ4v) is 4.86. The lowest BCUT2D eigenvalue weighted by Gasteiger charge is -2.36. The molecule has 0 radical (unpaired) electrons. The molecule has 2 aromatic rings. The summed E-state index contributed by atoms with van der Waals surface area (Å²) in [5.74, 6) is 0.0448. The van der Waals surface area contributed by atoms with Crippen molar-refractivity contribution >= 4 is 27.3 Å². The Kier molecular flexibility index (Phi) is 3.99. The lowest BCUT2D eigenvalue weighted by molar-refractivity contribution is -0.123. The highest BCUT2D eigenvalue weighted by Crippen LogP contribution is 2.53. The maximum Gasteiger partial charge on any atom is 0.263 e. The first-order chi connectivity index (χ1) is 12.5. The molecule has 0 atom stereocenters. The topological polar surface area (TPSA) is 88.2 Å². The average Bonchev–Trinajstić information content (AvgIpc) is 2.88. The van der Waals surface area contributed by atoms with Crippen LogP contribution in [0.5, 0.6) is 0 Å². The molecule has 4 rings (SSSR count). The van der Waals surface area contributed by atoms with Crippen molar-refractivity contribution in [2.75, 3.05) is 10.0 Å². The van der Waals surface area contributed by atoms with Gasteiger partial charge in [0.25, 0.3) is 10.0 Å². The van der Waals surface area contributed by atoms with Gasteiger partial charge in [-0.05, 0) is 54.7 Å². The largest absolute Gasteiger partial charge is 0.325 e. The minimum Gasteiger partial charge on any atom is -0.325 e. The quantitative estimate of drug-likeness (QED) is 0.845. The zero-order valence-electron chi connectivity index (χ0n) is 14.6. The molecule has 2 N–H and O–H groups in total. The summed E-state index contributed by atoms with van der Waals surface area (Å²) >= 11 is 0. The molecule has 1 aromatic carbocycles. The highest BCUT2D eigenvalue weighted by Gasteiger charge is 2.51. The van der Waals surface area contributed by atoms with Gasteiger partial charge in [-0.15, -0.1) is 0 Å². The summed E-state index contributed by atoms with van der Waals surface area (Å²) in [7, 11) is -3.72. The predicted octanol–water partition coefficient (Wildman–Crippen LogP) is 3.21. The van der Waals surface area contributed by atoms with Crippen molar-refractivity contribution in [3.8, 4) is 0 Å². The van der Waals surface area contributed by atoms with E-state index in [2.05, 4.69) is 21.9 Å². The van der Waals surface area contributed by atoms with Gasteiger partial charge < -0.3 is 5.32 Å². The number of aromatic nitrogens is 1. The Hall–Kier alpha value is -2.41. The Morgan fingerprint density at radius 1 is 1.31 bits per heavy atom. The third-order valence-electron chi connectivity index (χ3n) is 5.33. The first-order valence-corrected chi connectivity index (χ1v) is 10.4. The maximum atomic E-state index is 12.6. The molecule has 0 unspecified atom stereocenters. The third kappa shape index (κ3) is 2.58. The van der Waals surface area contributed by atoms with E-state index in [9.17, 15) is 13.2 Å². The number of nitrogens with one attached hydrogen (secondary N) is 2. The van der Waals surface area contributed by atoms with Gasteiger partial charge in [-0.25, -0.2) is 8.42 Å². The standard InChI is InChI=1S/C19H21N3O3S/c1-2-5-13-10-14(22-26(24,25)15-6-3-9-20-12-15)11-16-17(13)21-18(23)19(16)7-4-8-19/h3,6,9-12,22H,2,4-5,7-8H2,1H3,(H,21,23).